The molecule has 4 heteroatoms. The first-order valence-electron chi connectivity index (χ1n) is 9.96. The normalized spacial score (nSPS) is 29.8. The van der Waals surface area contributed by atoms with E-state index in [0.717, 1.165) is 38.7 Å². The lowest BCUT2D eigenvalue weighted by Crippen LogP contribution is -2.27. The molecule has 1 heterocycles. The lowest BCUT2D eigenvalue weighted by Gasteiger charge is -2.28. The van der Waals surface area contributed by atoms with Crippen molar-refractivity contribution in [1.82, 2.24) is 0 Å². The molecule has 4 nitrogen and oxygen atoms in total. The number of carboxylic acids is 1. The number of unbranched alkanes of at least 4 members (excludes halogenated alkanes) is 3. The van der Waals surface area contributed by atoms with Crippen LogP contribution in [0.5, 0.6) is 0 Å². The Balaban J connectivity index is 1.78. The van der Waals surface area contributed by atoms with Gasteiger partial charge in [-0.1, -0.05) is 50.5 Å². The average molecular weight is 350 g/mol. The first kappa shape index (κ1) is 20.2. The molecule has 0 aromatic rings. The van der Waals surface area contributed by atoms with Crippen molar-refractivity contribution < 1.29 is 19.7 Å². The monoisotopic (exact) mass is 350 g/mol. The number of rotatable bonds is 12. The van der Waals surface area contributed by atoms with Gasteiger partial charge in [-0.25, -0.2) is 0 Å². The summed E-state index contributed by atoms with van der Waals surface area (Å²) in [4.78, 5) is 10.5. The van der Waals surface area contributed by atoms with E-state index in [0.29, 0.717) is 30.3 Å². The van der Waals surface area contributed by atoms with E-state index in [1.165, 1.54) is 12.8 Å². The van der Waals surface area contributed by atoms with Crippen LogP contribution in [0.15, 0.2) is 24.3 Å². The molecule has 2 unspecified atom stereocenters. The van der Waals surface area contributed by atoms with E-state index in [-0.39, 0.29) is 12.5 Å². The Kier molecular flexibility index (Phi) is 8.70. The van der Waals surface area contributed by atoms with Gasteiger partial charge in [-0.3, -0.25) is 4.79 Å². The molecule has 0 aromatic heterocycles. The van der Waals surface area contributed by atoms with Crippen LogP contribution in [-0.4, -0.2) is 35.0 Å². The minimum absolute atomic E-state index is 0.244. The number of aliphatic hydroxyl groups is 1. The van der Waals surface area contributed by atoms with E-state index in [1.54, 1.807) is 0 Å². The summed E-state index contributed by atoms with van der Waals surface area (Å²) < 4.78 is 5.87. The fourth-order valence-corrected chi connectivity index (χ4v) is 4.15. The highest BCUT2D eigenvalue weighted by Crippen LogP contribution is 2.47. The summed E-state index contributed by atoms with van der Waals surface area (Å²) in [6.45, 7) is 3.04. The summed E-state index contributed by atoms with van der Waals surface area (Å²) in [5, 5.41) is 18.8. The zero-order chi connectivity index (χ0) is 18.1. The van der Waals surface area contributed by atoms with Crippen LogP contribution in [0.4, 0.5) is 0 Å². The molecule has 1 aliphatic heterocycles. The molecule has 1 saturated carbocycles. The number of hydrogen-bond acceptors (Lipinski definition) is 3. The van der Waals surface area contributed by atoms with Gasteiger partial charge in [-0.2, -0.15) is 0 Å². The van der Waals surface area contributed by atoms with Crippen LogP contribution in [0, 0.1) is 17.8 Å². The van der Waals surface area contributed by atoms with Gasteiger partial charge in [0.2, 0.25) is 0 Å². The zero-order valence-corrected chi connectivity index (χ0v) is 15.5. The smallest absolute Gasteiger partial charge is 0.303 e. The summed E-state index contributed by atoms with van der Waals surface area (Å²) >= 11 is 0. The van der Waals surface area contributed by atoms with Crippen molar-refractivity contribution in [2.75, 3.05) is 6.61 Å². The molecule has 0 aromatic carbocycles. The summed E-state index contributed by atoms with van der Waals surface area (Å²) in [5.41, 5.74) is 0. The van der Waals surface area contributed by atoms with Gasteiger partial charge in [-0.15, -0.1) is 0 Å². The van der Waals surface area contributed by atoms with Crippen LogP contribution in [0.25, 0.3) is 0 Å². The van der Waals surface area contributed by atoms with Crippen molar-refractivity contribution in [3.8, 4) is 0 Å². The molecule has 25 heavy (non-hydrogen) atoms. The van der Waals surface area contributed by atoms with Crippen molar-refractivity contribution >= 4 is 5.97 Å². The fraction of sp³-hybridized carbons (Fsp3) is 0.762. The van der Waals surface area contributed by atoms with E-state index in [1.807, 2.05) is 6.08 Å². The first-order valence-corrected chi connectivity index (χ1v) is 9.96. The fourth-order valence-electron chi connectivity index (χ4n) is 4.15. The van der Waals surface area contributed by atoms with Crippen molar-refractivity contribution in [3.05, 3.63) is 24.3 Å². The van der Waals surface area contributed by atoms with Gasteiger partial charge in [0.15, 0.2) is 0 Å². The van der Waals surface area contributed by atoms with Gasteiger partial charge in [0.1, 0.15) is 0 Å². The minimum Gasteiger partial charge on any atom is -0.481 e. The predicted octanol–water partition coefficient (Wildman–Crippen LogP) is 4.34. The summed E-state index contributed by atoms with van der Waals surface area (Å²) in [6.07, 6.45) is 16.7. The molecule has 1 saturated heterocycles. The maximum Gasteiger partial charge on any atom is 0.303 e. The Morgan fingerprint density at radius 2 is 2.12 bits per heavy atom. The lowest BCUT2D eigenvalue weighted by atomic mass is 9.84. The molecule has 0 radical (unpaired) electrons. The van der Waals surface area contributed by atoms with Crippen LogP contribution in [0.3, 0.4) is 0 Å². The number of fused-ring (bicyclic) bond motifs is 2. The Hall–Kier alpha value is -1.13. The van der Waals surface area contributed by atoms with Gasteiger partial charge in [-0.05, 0) is 43.9 Å². The number of aliphatic carboxylic acids is 1. The first-order chi connectivity index (χ1) is 12.1. The number of carboxylic acid groups (broad SMARTS) is 1. The maximum atomic E-state index is 10.5. The number of ether oxygens (including phenoxy) is 1. The van der Waals surface area contributed by atoms with Gasteiger partial charge in [0, 0.05) is 12.3 Å². The van der Waals surface area contributed by atoms with Crippen LogP contribution >= 0.6 is 0 Å². The van der Waals surface area contributed by atoms with Gasteiger partial charge < -0.3 is 14.9 Å². The predicted molar refractivity (Wildman–Crippen MR) is 99.4 cm³/mol. The van der Waals surface area contributed by atoms with E-state index >= 15 is 0 Å². The second-order valence-corrected chi connectivity index (χ2v) is 7.55. The molecular weight excluding hydrogens is 316 g/mol. The van der Waals surface area contributed by atoms with E-state index in [4.69, 9.17) is 9.84 Å². The topological polar surface area (TPSA) is 66.8 Å². The highest BCUT2D eigenvalue weighted by molar-refractivity contribution is 5.66. The minimum atomic E-state index is -0.721. The summed E-state index contributed by atoms with van der Waals surface area (Å²) in [6, 6.07) is 0. The largest absolute Gasteiger partial charge is 0.481 e. The number of hydrogen-bond donors (Lipinski definition) is 2. The highest BCUT2D eigenvalue weighted by Gasteiger charge is 2.46. The van der Waals surface area contributed by atoms with Crippen LogP contribution < -0.4 is 0 Å². The SMILES string of the molecule is CCCCC[C@H](O)C=C[C@H]1C2CC(CO2)[C@@H]1CC=CCCCC(=O)O. The third-order valence-electron chi connectivity index (χ3n) is 5.58. The Labute approximate surface area is 152 Å². The molecule has 142 valence electrons. The molecule has 5 atom stereocenters. The number of carbonyl (C=O) groups is 1. The van der Waals surface area contributed by atoms with Crippen molar-refractivity contribution in [3.63, 3.8) is 0 Å². The van der Waals surface area contributed by atoms with Gasteiger partial charge in [0.25, 0.3) is 0 Å². The van der Waals surface area contributed by atoms with Crippen molar-refractivity contribution in [2.45, 2.75) is 76.9 Å². The van der Waals surface area contributed by atoms with Crippen molar-refractivity contribution in [2.24, 2.45) is 17.8 Å². The Morgan fingerprint density at radius 3 is 2.88 bits per heavy atom. The zero-order valence-electron chi connectivity index (χ0n) is 15.5. The molecule has 2 aliphatic rings. The summed E-state index contributed by atoms with van der Waals surface area (Å²) in [7, 11) is 0. The standard InChI is InChI=1S/C21H34O4/c1-2-3-6-9-17(22)12-13-19-18(16-14-20(19)25-15-16)10-7-4-5-8-11-21(23)24/h4,7,12-13,16-20,22H,2-3,5-6,8-11,14-15H2,1H3,(H,23,24)/t16?,17-,18-,19+,20?/m0/s1. The average Bonchev–Trinajstić information content (AvgIpc) is 3.17. The molecule has 2 N–H and O–H groups in total. The highest BCUT2D eigenvalue weighted by atomic mass is 16.5. The van der Waals surface area contributed by atoms with Crippen LogP contribution in [0.2, 0.25) is 0 Å². The van der Waals surface area contributed by atoms with Gasteiger partial charge >= 0.3 is 5.97 Å². The maximum absolute atomic E-state index is 10.5. The van der Waals surface area contributed by atoms with Gasteiger partial charge in [0.05, 0.1) is 18.8 Å². The quantitative estimate of drug-likeness (QED) is 0.406. The lowest BCUT2D eigenvalue weighted by molar-refractivity contribution is -0.137. The van der Waals surface area contributed by atoms with Crippen LogP contribution in [0.1, 0.15) is 64.7 Å². The van der Waals surface area contributed by atoms with Crippen LogP contribution in [-0.2, 0) is 9.53 Å². The van der Waals surface area contributed by atoms with E-state index in [9.17, 15) is 9.90 Å². The number of allylic oxidation sites excluding steroid dienone is 2. The molecular formula is C21H34O4. The third kappa shape index (κ3) is 6.59. The number of aliphatic hydroxyl groups excluding tert-OH is 1. The molecule has 2 bridgehead atoms. The second-order valence-electron chi connectivity index (χ2n) is 7.55. The Bertz CT molecular complexity index is 457. The second kappa shape index (κ2) is 10.8. The molecule has 2 rings (SSSR count). The molecule has 0 amide bonds. The molecule has 1 aliphatic carbocycles. The molecule has 0 spiro atoms. The van der Waals surface area contributed by atoms with E-state index < -0.39 is 5.97 Å². The third-order valence-corrected chi connectivity index (χ3v) is 5.58. The molecule has 2 fully saturated rings. The summed E-state index contributed by atoms with van der Waals surface area (Å²) in [5.74, 6) is 0.902. The van der Waals surface area contributed by atoms with Crippen molar-refractivity contribution in [1.29, 1.82) is 0 Å². The Morgan fingerprint density at radius 1 is 1.28 bits per heavy atom. The van der Waals surface area contributed by atoms with E-state index in [2.05, 4.69) is 25.2 Å².